The molecule has 2 aromatic rings. The van der Waals surface area contributed by atoms with E-state index in [9.17, 15) is 0 Å². The van der Waals surface area contributed by atoms with Crippen LogP contribution >= 0.6 is 0 Å². The first kappa shape index (κ1) is 11.5. The third-order valence-corrected chi connectivity index (χ3v) is 4.01. The van der Waals surface area contributed by atoms with Gasteiger partial charge in [0.1, 0.15) is 0 Å². The molecule has 0 atom stereocenters. The zero-order valence-electron chi connectivity index (χ0n) is 11.1. The van der Waals surface area contributed by atoms with Crippen molar-refractivity contribution in [1.29, 1.82) is 0 Å². The number of anilines is 1. The highest BCUT2D eigenvalue weighted by molar-refractivity contribution is 5.92. The van der Waals surface area contributed by atoms with E-state index in [1.54, 1.807) is 0 Å². The van der Waals surface area contributed by atoms with E-state index in [2.05, 4.69) is 20.4 Å². The van der Waals surface area contributed by atoms with Crippen molar-refractivity contribution in [3.05, 3.63) is 30.3 Å². The second kappa shape index (κ2) is 4.06. The smallest absolute Gasteiger partial charge is 0.230 e. The normalized spacial score (nSPS) is 19.5. The molecule has 2 heterocycles. The summed E-state index contributed by atoms with van der Waals surface area (Å²) in [4.78, 5) is 9.18. The van der Waals surface area contributed by atoms with E-state index in [4.69, 9.17) is 5.73 Å². The summed E-state index contributed by atoms with van der Waals surface area (Å²) in [6.07, 6.45) is 4.24. The minimum atomic E-state index is -0.329. The van der Waals surface area contributed by atoms with Gasteiger partial charge in [0, 0.05) is 5.56 Å². The lowest BCUT2D eigenvalue weighted by Crippen LogP contribution is -2.41. The zero-order valence-corrected chi connectivity index (χ0v) is 11.1. The first-order valence-electron chi connectivity index (χ1n) is 6.92. The molecule has 20 heavy (non-hydrogen) atoms. The maximum atomic E-state index is 5.91. The molecular weight excluding hydrogens is 252 g/mol. The molecule has 102 valence electrons. The molecule has 1 aromatic heterocycles. The number of hydrogen-bond acceptors (Lipinski definition) is 5. The van der Waals surface area contributed by atoms with Crippen molar-refractivity contribution in [2.24, 2.45) is 10.7 Å². The molecular formula is C14H16N6. The van der Waals surface area contributed by atoms with Crippen LogP contribution in [0.4, 0.5) is 5.95 Å². The lowest BCUT2D eigenvalue weighted by atomic mass is 10.1. The molecule has 1 saturated carbocycles. The van der Waals surface area contributed by atoms with E-state index in [1.165, 1.54) is 0 Å². The van der Waals surface area contributed by atoms with E-state index in [0.29, 0.717) is 17.7 Å². The molecule has 0 bridgehead atoms. The number of aliphatic imine (C=N–C) groups is 1. The van der Waals surface area contributed by atoms with Crippen LogP contribution in [0.25, 0.3) is 11.4 Å². The number of benzene rings is 1. The zero-order chi connectivity index (χ0) is 13.6. The molecule has 0 unspecified atom stereocenters. The first-order valence-corrected chi connectivity index (χ1v) is 6.92. The highest BCUT2D eigenvalue weighted by Gasteiger charge is 2.41. The molecule has 6 heteroatoms. The van der Waals surface area contributed by atoms with Crippen molar-refractivity contribution in [1.82, 2.24) is 14.8 Å². The highest BCUT2D eigenvalue weighted by atomic mass is 15.5. The third kappa shape index (κ3) is 1.61. The Bertz CT molecular complexity index is 666. The van der Waals surface area contributed by atoms with Gasteiger partial charge in [-0.15, -0.1) is 5.10 Å². The van der Waals surface area contributed by atoms with Crippen molar-refractivity contribution in [3.63, 3.8) is 0 Å². The number of nitrogens with zero attached hydrogens (tertiary/aromatic N) is 4. The fourth-order valence-electron chi connectivity index (χ4n) is 3.07. The average Bonchev–Trinajstić information content (AvgIpc) is 3.07. The van der Waals surface area contributed by atoms with Crippen LogP contribution in [-0.4, -0.2) is 20.7 Å². The summed E-state index contributed by atoms with van der Waals surface area (Å²) in [5.41, 5.74) is 6.58. The summed E-state index contributed by atoms with van der Waals surface area (Å²) in [6.45, 7) is 0. The number of nitrogens with one attached hydrogen (secondary N) is 1. The highest BCUT2D eigenvalue weighted by Crippen LogP contribution is 2.41. The number of aromatic nitrogens is 3. The minimum Gasteiger partial charge on any atom is -0.370 e. The largest absolute Gasteiger partial charge is 0.370 e. The molecule has 1 aliphatic heterocycles. The van der Waals surface area contributed by atoms with Crippen molar-refractivity contribution in [2.75, 3.05) is 5.32 Å². The van der Waals surface area contributed by atoms with E-state index in [-0.39, 0.29) is 5.66 Å². The van der Waals surface area contributed by atoms with Gasteiger partial charge in [-0.25, -0.2) is 9.67 Å². The minimum absolute atomic E-state index is 0.329. The maximum absolute atomic E-state index is 5.91. The molecule has 6 nitrogen and oxygen atoms in total. The van der Waals surface area contributed by atoms with Crippen LogP contribution in [0.5, 0.6) is 0 Å². The van der Waals surface area contributed by atoms with Crippen molar-refractivity contribution >= 4 is 11.9 Å². The molecule has 4 rings (SSSR count). The van der Waals surface area contributed by atoms with Gasteiger partial charge in [-0.2, -0.15) is 4.98 Å². The number of fused-ring (bicyclic) bond motifs is 2. The molecule has 1 spiro atoms. The molecule has 3 N–H and O–H groups in total. The van der Waals surface area contributed by atoms with Crippen LogP contribution in [0.2, 0.25) is 0 Å². The summed E-state index contributed by atoms with van der Waals surface area (Å²) in [5, 5.41) is 7.69. The fraction of sp³-hybridized carbons (Fsp3) is 0.357. The van der Waals surface area contributed by atoms with E-state index < -0.39 is 0 Å². The maximum Gasteiger partial charge on any atom is 0.230 e. The summed E-state index contributed by atoms with van der Waals surface area (Å²) >= 11 is 0. The van der Waals surface area contributed by atoms with Gasteiger partial charge in [0.2, 0.25) is 5.95 Å². The second-order valence-corrected chi connectivity index (χ2v) is 5.35. The Labute approximate surface area is 116 Å². The van der Waals surface area contributed by atoms with Gasteiger partial charge in [0.05, 0.1) is 0 Å². The topological polar surface area (TPSA) is 81.1 Å². The van der Waals surface area contributed by atoms with Crippen molar-refractivity contribution < 1.29 is 0 Å². The Balaban J connectivity index is 1.83. The Morgan fingerprint density at radius 1 is 1.15 bits per heavy atom. The van der Waals surface area contributed by atoms with Crippen molar-refractivity contribution in [3.8, 4) is 11.4 Å². The molecule has 0 radical (unpaired) electrons. The average molecular weight is 268 g/mol. The van der Waals surface area contributed by atoms with Gasteiger partial charge in [0.25, 0.3) is 0 Å². The molecule has 0 saturated heterocycles. The van der Waals surface area contributed by atoms with Gasteiger partial charge < -0.3 is 5.73 Å². The van der Waals surface area contributed by atoms with E-state index >= 15 is 0 Å². The van der Waals surface area contributed by atoms with Crippen LogP contribution < -0.4 is 11.1 Å². The summed E-state index contributed by atoms with van der Waals surface area (Å²) in [7, 11) is 0. The summed E-state index contributed by atoms with van der Waals surface area (Å²) in [5.74, 6) is 1.84. The van der Waals surface area contributed by atoms with Crippen LogP contribution in [0, 0.1) is 0 Å². The van der Waals surface area contributed by atoms with Gasteiger partial charge in [-0.05, 0) is 25.7 Å². The molecule has 1 aromatic carbocycles. The fourth-order valence-corrected chi connectivity index (χ4v) is 3.07. The predicted octanol–water partition coefficient (Wildman–Crippen LogP) is 1.91. The standard InChI is InChI=1S/C14H16N6/c15-12-17-13-16-11(10-6-2-1-3-7-10)19-20(13)14(18-12)8-4-5-9-14/h1-3,6-7H,4-5,8-9H2,(H3,15,16,17,18,19). The first-order chi connectivity index (χ1) is 9.77. The summed E-state index contributed by atoms with van der Waals surface area (Å²) in [6, 6.07) is 9.97. The molecule has 1 fully saturated rings. The van der Waals surface area contributed by atoms with Crippen LogP contribution in [0.15, 0.2) is 35.3 Å². The summed E-state index contributed by atoms with van der Waals surface area (Å²) < 4.78 is 1.92. The number of nitrogens with two attached hydrogens (primary N) is 1. The molecule has 2 aliphatic rings. The third-order valence-electron chi connectivity index (χ3n) is 4.01. The van der Waals surface area contributed by atoms with Gasteiger partial charge in [-0.3, -0.25) is 5.32 Å². The molecule has 0 amide bonds. The lowest BCUT2D eigenvalue weighted by Gasteiger charge is -2.30. The second-order valence-electron chi connectivity index (χ2n) is 5.35. The Morgan fingerprint density at radius 2 is 1.90 bits per heavy atom. The predicted molar refractivity (Wildman–Crippen MR) is 77.1 cm³/mol. The Hall–Kier alpha value is -2.37. The number of rotatable bonds is 1. The van der Waals surface area contributed by atoms with Crippen LogP contribution in [0.3, 0.4) is 0 Å². The van der Waals surface area contributed by atoms with Crippen LogP contribution in [-0.2, 0) is 5.66 Å². The number of guanidine groups is 1. The molecule has 1 aliphatic carbocycles. The Morgan fingerprint density at radius 3 is 2.65 bits per heavy atom. The van der Waals surface area contributed by atoms with Gasteiger partial charge in [0.15, 0.2) is 17.4 Å². The Kier molecular flexibility index (Phi) is 2.33. The quantitative estimate of drug-likeness (QED) is 0.827. The van der Waals surface area contributed by atoms with Gasteiger partial charge >= 0.3 is 0 Å². The monoisotopic (exact) mass is 268 g/mol. The van der Waals surface area contributed by atoms with E-state index in [1.807, 2.05) is 35.0 Å². The number of hydrogen-bond donors (Lipinski definition) is 2. The van der Waals surface area contributed by atoms with E-state index in [0.717, 1.165) is 31.2 Å². The lowest BCUT2D eigenvalue weighted by molar-refractivity contribution is 0.278. The van der Waals surface area contributed by atoms with Gasteiger partial charge in [-0.1, -0.05) is 30.3 Å². The van der Waals surface area contributed by atoms with Crippen LogP contribution in [0.1, 0.15) is 25.7 Å². The SMILES string of the molecule is NC1=NC2(CCCC2)n2nc(-c3ccccc3)nc2N1. The van der Waals surface area contributed by atoms with Crippen molar-refractivity contribution in [2.45, 2.75) is 31.3 Å².